The summed E-state index contributed by atoms with van der Waals surface area (Å²) in [5.41, 5.74) is 0.241. The number of methoxy groups -OCH3 is 1. The molecule has 3 rings (SSSR count). The molecule has 1 atom stereocenters. The van der Waals surface area contributed by atoms with E-state index in [4.69, 9.17) is 9.47 Å². The van der Waals surface area contributed by atoms with Crippen LogP contribution in [0.1, 0.15) is 28.4 Å². The fourth-order valence-electron chi connectivity index (χ4n) is 2.59. The summed E-state index contributed by atoms with van der Waals surface area (Å²) in [5.74, 6) is -1.35. The van der Waals surface area contributed by atoms with Crippen LogP contribution in [-0.4, -0.2) is 33.3 Å². The number of benzene rings is 2. The molecule has 0 saturated carbocycles. The van der Waals surface area contributed by atoms with Gasteiger partial charge in [-0.2, -0.15) is 0 Å². The molecule has 7 nitrogen and oxygen atoms in total. The third kappa shape index (κ3) is 2.46. The second-order valence-corrected chi connectivity index (χ2v) is 5.15. The predicted molar refractivity (Wildman–Crippen MR) is 78.4 cm³/mol. The van der Waals surface area contributed by atoms with E-state index in [1.807, 2.05) is 0 Å². The monoisotopic (exact) mass is 318 g/mol. The van der Waals surface area contributed by atoms with Gasteiger partial charge in [-0.3, -0.25) is 4.79 Å². The van der Waals surface area contributed by atoms with Crippen molar-refractivity contribution in [1.82, 2.24) is 0 Å². The summed E-state index contributed by atoms with van der Waals surface area (Å²) in [4.78, 5) is 12.3. The summed E-state index contributed by atoms with van der Waals surface area (Å²) in [6, 6.07) is 4.74. The number of carbonyl (C=O) groups excluding carboxylic acids is 1. The van der Waals surface area contributed by atoms with Gasteiger partial charge in [-0.15, -0.1) is 0 Å². The molecule has 4 N–H and O–H groups in total. The fourth-order valence-corrected chi connectivity index (χ4v) is 2.59. The van der Waals surface area contributed by atoms with Crippen molar-refractivity contribution in [1.29, 1.82) is 0 Å². The molecule has 120 valence electrons. The maximum Gasteiger partial charge on any atom is 0.174 e. The van der Waals surface area contributed by atoms with E-state index in [0.717, 1.165) is 12.1 Å². The summed E-state index contributed by atoms with van der Waals surface area (Å²) in [5, 5.41) is 38.9. The molecular formula is C16H14O7. The van der Waals surface area contributed by atoms with E-state index in [1.54, 1.807) is 0 Å². The highest BCUT2D eigenvalue weighted by Gasteiger charge is 2.32. The average molecular weight is 318 g/mol. The maximum atomic E-state index is 12.3. The molecule has 0 saturated heterocycles. The van der Waals surface area contributed by atoms with Gasteiger partial charge >= 0.3 is 0 Å². The maximum absolute atomic E-state index is 12.3. The highest BCUT2D eigenvalue weighted by Crippen LogP contribution is 2.45. The first kappa shape index (κ1) is 14.8. The number of carbonyl (C=O) groups is 1. The molecular weight excluding hydrogens is 304 g/mol. The predicted octanol–water partition coefficient (Wildman–Crippen LogP) is 2.22. The zero-order valence-corrected chi connectivity index (χ0v) is 12.1. The molecule has 1 aliphatic heterocycles. The Hall–Kier alpha value is -3.09. The van der Waals surface area contributed by atoms with Crippen molar-refractivity contribution in [3.05, 3.63) is 35.4 Å². The molecule has 1 heterocycles. The molecule has 0 radical (unpaired) electrons. The quantitative estimate of drug-likeness (QED) is 0.671. The summed E-state index contributed by atoms with van der Waals surface area (Å²) in [6.07, 6.45) is -0.960. The number of hydrogen-bond acceptors (Lipinski definition) is 7. The van der Waals surface area contributed by atoms with Gasteiger partial charge in [-0.05, 0) is 6.07 Å². The molecule has 1 aliphatic rings. The van der Waals surface area contributed by atoms with Crippen LogP contribution < -0.4 is 9.47 Å². The number of aromatic hydroxyl groups is 4. The second-order valence-electron chi connectivity index (χ2n) is 5.15. The van der Waals surface area contributed by atoms with Crippen molar-refractivity contribution in [2.45, 2.75) is 12.5 Å². The van der Waals surface area contributed by atoms with Gasteiger partial charge in [0.15, 0.2) is 17.3 Å². The SMILES string of the molecule is COc1cc([C@@H]2CC(=O)c3c(O)cc(O)cc3O2)c(O)cc1O. The van der Waals surface area contributed by atoms with Gasteiger partial charge in [-0.1, -0.05) is 0 Å². The Labute approximate surface area is 131 Å². The minimum Gasteiger partial charge on any atom is -0.508 e. The van der Waals surface area contributed by atoms with Gasteiger partial charge in [0.25, 0.3) is 0 Å². The van der Waals surface area contributed by atoms with E-state index in [-0.39, 0.29) is 57.8 Å². The van der Waals surface area contributed by atoms with E-state index < -0.39 is 6.10 Å². The minimum atomic E-state index is -0.842. The Balaban J connectivity index is 2.05. The lowest BCUT2D eigenvalue weighted by molar-refractivity contribution is 0.0841. The van der Waals surface area contributed by atoms with Crippen LogP contribution >= 0.6 is 0 Å². The van der Waals surface area contributed by atoms with Gasteiger partial charge in [0, 0.05) is 23.8 Å². The smallest absolute Gasteiger partial charge is 0.174 e. The summed E-state index contributed by atoms with van der Waals surface area (Å²) >= 11 is 0. The molecule has 0 bridgehead atoms. The lowest BCUT2D eigenvalue weighted by Gasteiger charge is -2.26. The van der Waals surface area contributed by atoms with Gasteiger partial charge in [0.2, 0.25) is 0 Å². The van der Waals surface area contributed by atoms with Crippen molar-refractivity contribution in [3.8, 4) is 34.5 Å². The number of phenolic OH excluding ortho intramolecular Hbond substituents is 4. The topological polar surface area (TPSA) is 116 Å². The number of phenols is 4. The van der Waals surface area contributed by atoms with Crippen molar-refractivity contribution < 1.29 is 34.7 Å². The summed E-state index contributed by atoms with van der Waals surface area (Å²) in [6.45, 7) is 0. The third-order valence-electron chi connectivity index (χ3n) is 3.66. The molecule has 0 unspecified atom stereocenters. The van der Waals surface area contributed by atoms with Crippen LogP contribution in [0.15, 0.2) is 24.3 Å². The Morgan fingerprint density at radius 2 is 1.78 bits per heavy atom. The normalized spacial score (nSPS) is 16.6. The van der Waals surface area contributed by atoms with E-state index >= 15 is 0 Å². The molecule has 0 spiro atoms. The van der Waals surface area contributed by atoms with E-state index in [9.17, 15) is 25.2 Å². The highest BCUT2D eigenvalue weighted by atomic mass is 16.5. The van der Waals surface area contributed by atoms with Gasteiger partial charge in [0.1, 0.15) is 34.7 Å². The van der Waals surface area contributed by atoms with Crippen LogP contribution in [0.3, 0.4) is 0 Å². The number of ketones is 1. The summed E-state index contributed by atoms with van der Waals surface area (Å²) in [7, 11) is 1.36. The zero-order chi connectivity index (χ0) is 16.7. The minimum absolute atomic E-state index is 0.00992. The molecule has 0 aliphatic carbocycles. The number of ether oxygens (including phenoxy) is 2. The van der Waals surface area contributed by atoms with Crippen LogP contribution in [0.25, 0.3) is 0 Å². The third-order valence-corrected chi connectivity index (χ3v) is 3.66. The Bertz CT molecular complexity index is 798. The summed E-state index contributed by atoms with van der Waals surface area (Å²) < 4.78 is 10.6. The van der Waals surface area contributed by atoms with E-state index in [1.165, 1.54) is 19.2 Å². The van der Waals surface area contributed by atoms with Gasteiger partial charge in [-0.25, -0.2) is 0 Å². The first-order valence-electron chi connectivity index (χ1n) is 6.76. The molecule has 0 aromatic heterocycles. The van der Waals surface area contributed by atoms with Gasteiger partial charge in [0.05, 0.1) is 13.5 Å². The standard InChI is InChI=1S/C16H14O7/c1-22-14-4-8(9(18)5-10(14)19)13-6-12(21)16-11(20)2-7(17)3-15(16)23-13/h2-5,13,17-20H,6H2,1H3/t13-/m0/s1. The number of rotatable bonds is 2. The Kier molecular flexibility index (Phi) is 3.40. The van der Waals surface area contributed by atoms with Crippen LogP contribution in [-0.2, 0) is 0 Å². The van der Waals surface area contributed by atoms with Crippen LogP contribution in [0.2, 0.25) is 0 Å². The molecule has 2 aromatic carbocycles. The number of fused-ring (bicyclic) bond motifs is 1. The van der Waals surface area contributed by atoms with Crippen molar-refractivity contribution in [2.75, 3.05) is 7.11 Å². The molecule has 0 amide bonds. The van der Waals surface area contributed by atoms with Crippen LogP contribution in [0, 0.1) is 0 Å². The fraction of sp³-hybridized carbons (Fsp3) is 0.188. The van der Waals surface area contributed by atoms with Crippen LogP contribution in [0.5, 0.6) is 34.5 Å². The molecule has 7 heteroatoms. The van der Waals surface area contributed by atoms with E-state index in [0.29, 0.717) is 0 Å². The lowest BCUT2D eigenvalue weighted by atomic mass is 9.94. The van der Waals surface area contributed by atoms with Crippen molar-refractivity contribution >= 4 is 5.78 Å². The number of Topliss-reactive ketones (excluding diaryl/α,β-unsaturated/α-hetero) is 1. The second kappa shape index (κ2) is 5.28. The van der Waals surface area contributed by atoms with Gasteiger partial charge < -0.3 is 29.9 Å². The molecule has 2 aromatic rings. The average Bonchev–Trinajstić information content (AvgIpc) is 2.46. The lowest BCUT2D eigenvalue weighted by Crippen LogP contribution is -2.20. The van der Waals surface area contributed by atoms with Crippen molar-refractivity contribution in [2.24, 2.45) is 0 Å². The zero-order valence-electron chi connectivity index (χ0n) is 12.1. The van der Waals surface area contributed by atoms with Crippen LogP contribution in [0.4, 0.5) is 0 Å². The molecule has 0 fully saturated rings. The first-order valence-corrected chi connectivity index (χ1v) is 6.76. The Morgan fingerprint density at radius 1 is 1.04 bits per heavy atom. The largest absolute Gasteiger partial charge is 0.508 e. The first-order chi connectivity index (χ1) is 10.9. The molecule has 23 heavy (non-hydrogen) atoms. The number of hydrogen-bond donors (Lipinski definition) is 4. The highest BCUT2D eigenvalue weighted by molar-refractivity contribution is 6.02. The Morgan fingerprint density at radius 3 is 2.48 bits per heavy atom. The van der Waals surface area contributed by atoms with Crippen molar-refractivity contribution in [3.63, 3.8) is 0 Å². The van der Waals surface area contributed by atoms with E-state index in [2.05, 4.69) is 0 Å².